The normalized spacial score (nSPS) is 11.6. The highest BCUT2D eigenvalue weighted by Crippen LogP contribution is 2.32. The van der Waals surface area contributed by atoms with Crippen LogP contribution in [-0.4, -0.2) is 60.9 Å². The van der Waals surface area contributed by atoms with E-state index in [0.29, 0.717) is 17.3 Å². The highest BCUT2D eigenvalue weighted by molar-refractivity contribution is 7.92. The van der Waals surface area contributed by atoms with Crippen LogP contribution in [-0.2, 0) is 14.6 Å². The predicted octanol–water partition coefficient (Wildman–Crippen LogP) is 3.55. The zero-order valence-corrected chi connectivity index (χ0v) is 20.9. The third-order valence-electron chi connectivity index (χ3n) is 5.53. The second-order valence-electron chi connectivity index (χ2n) is 8.57. The molecule has 0 N–H and O–H groups in total. The van der Waals surface area contributed by atoms with E-state index in [0.717, 1.165) is 22.3 Å². The van der Waals surface area contributed by atoms with Gasteiger partial charge in [-0.05, 0) is 66.8 Å². The van der Waals surface area contributed by atoms with Crippen LogP contribution < -0.4 is 4.74 Å². The van der Waals surface area contributed by atoms with Crippen molar-refractivity contribution < 1.29 is 17.9 Å². The molecule has 176 valence electrons. The van der Waals surface area contributed by atoms with Gasteiger partial charge in [-0.1, -0.05) is 19.9 Å². The third kappa shape index (κ3) is 4.93. The minimum atomic E-state index is -4.07. The average molecular weight is 471 g/mol. The number of amides is 1. The lowest BCUT2D eigenvalue weighted by molar-refractivity contribution is -0.125. The Kier molecular flexibility index (Phi) is 6.92. The first-order valence-electron chi connectivity index (χ1n) is 10.6. The van der Waals surface area contributed by atoms with E-state index in [1.807, 2.05) is 13.0 Å². The number of carbonyl (C=O) groups excluding carboxylic acids is 1. The van der Waals surface area contributed by atoms with Crippen molar-refractivity contribution in [3.8, 4) is 22.8 Å². The number of rotatable bonds is 7. The first-order chi connectivity index (χ1) is 15.5. The first-order valence-corrected chi connectivity index (χ1v) is 12.3. The quantitative estimate of drug-likeness (QED) is 0.524. The molecule has 0 aliphatic carbocycles. The number of hydrogen-bond donors (Lipinski definition) is 0. The lowest BCUT2D eigenvalue weighted by atomic mass is 9.93. The number of aromatic nitrogens is 3. The van der Waals surface area contributed by atoms with Crippen LogP contribution in [0, 0.1) is 13.8 Å². The number of sulfone groups is 1. The van der Waals surface area contributed by atoms with Crippen molar-refractivity contribution in [2.75, 3.05) is 27.0 Å². The maximum absolute atomic E-state index is 13.2. The van der Waals surface area contributed by atoms with E-state index >= 15 is 0 Å². The molecule has 0 radical (unpaired) electrons. The molecular formula is C24H30N4O4S. The van der Waals surface area contributed by atoms with Crippen LogP contribution in [0.15, 0.2) is 41.6 Å². The van der Waals surface area contributed by atoms with Gasteiger partial charge in [0.2, 0.25) is 15.7 Å². The summed E-state index contributed by atoms with van der Waals surface area (Å²) in [6, 6.07) is 11.1. The summed E-state index contributed by atoms with van der Waals surface area (Å²) in [5.41, 5.74) is 4.59. The van der Waals surface area contributed by atoms with E-state index in [1.165, 1.54) is 23.6 Å². The van der Waals surface area contributed by atoms with Crippen LogP contribution in [0.4, 0.5) is 0 Å². The SMILES string of the molecule is COc1ccc(-n2c(-c3cc(C(C)C)c(C)cc3C)nnc2S(=O)(=O)CC(=O)N(C)C)cc1. The second kappa shape index (κ2) is 9.35. The molecule has 1 aromatic heterocycles. The molecule has 1 heterocycles. The Morgan fingerprint density at radius 1 is 1.06 bits per heavy atom. The lowest BCUT2D eigenvalue weighted by Gasteiger charge is -2.17. The Balaban J connectivity index is 2.29. The van der Waals surface area contributed by atoms with Crippen LogP contribution in [0.25, 0.3) is 17.1 Å². The number of hydrogen-bond acceptors (Lipinski definition) is 6. The summed E-state index contributed by atoms with van der Waals surface area (Å²) in [4.78, 5) is 13.5. The van der Waals surface area contributed by atoms with Crippen LogP contribution in [0.2, 0.25) is 0 Å². The predicted molar refractivity (Wildman–Crippen MR) is 128 cm³/mol. The summed E-state index contributed by atoms with van der Waals surface area (Å²) in [5, 5.41) is 8.07. The Hall–Kier alpha value is -3.20. The van der Waals surface area contributed by atoms with E-state index in [1.54, 1.807) is 31.4 Å². The van der Waals surface area contributed by atoms with Gasteiger partial charge < -0.3 is 9.64 Å². The maximum Gasteiger partial charge on any atom is 0.255 e. The Labute approximate surface area is 195 Å². The van der Waals surface area contributed by atoms with E-state index in [2.05, 4.69) is 37.0 Å². The molecule has 0 aliphatic rings. The van der Waals surface area contributed by atoms with Gasteiger partial charge >= 0.3 is 0 Å². The summed E-state index contributed by atoms with van der Waals surface area (Å²) >= 11 is 0. The van der Waals surface area contributed by atoms with Crippen molar-refractivity contribution in [2.24, 2.45) is 0 Å². The van der Waals surface area contributed by atoms with Crippen LogP contribution >= 0.6 is 0 Å². The molecule has 8 nitrogen and oxygen atoms in total. The van der Waals surface area contributed by atoms with Gasteiger partial charge in [-0.2, -0.15) is 0 Å². The smallest absolute Gasteiger partial charge is 0.255 e. The van der Waals surface area contributed by atoms with Crippen LogP contribution in [0.3, 0.4) is 0 Å². The molecule has 0 saturated carbocycles. The number of methoxy groups -OCH3 is 1. The van der Waals surface area contributed by atoms with E-state index in [9.17, 15) is 13.2 Å². The van der Waals surface area contributed by atoms with E-state index in [-0.39, 0.29) is 11.1 Å². The van der Waals surface area contributed by atoms with Gasteiger partial charge in [-0.25, -0.2) is 8.42 Å². The summed E-state index contributed by atoms with van der Waals surface area (Å²) in [6.45, 7) is 8.24. The number of carbonyl (C=O) groups is 1. The fraction of sp³-hybridized carbons (Fsp3) is 0.375. The average Bonchev–Trinajstić information content (AvgIpc) is 3.19. The Bertz CT molecular complexity index is 1280. The van der Waals surface area contributed by atoms with Crippen molar-refractivity contribution >= 4 is 15.7 Å². The van der Waals surface area contributed by atoms with Gasteiger partial charge in [0.1, 0.15) is 11.5 Å². The molecule has 9 heteroatoms. The molecule has 0 spiro atoms. The lowest BCUT2D eigenvalue weighted by Crippen LogP contribution is -2.30. The van der Waals surface area contributed by atoms with Gasteiger partial charge in [0.05, 0.1) is 12.8 Å². The molecule has 1 amide bonds. The molecule has 3 aromatic rings. The standard InChI is InChI=1S/C24H30N4O4S/c1-15(2)20-13-21(17(4)12-16(20)3)23-25-26-24(33(30,31)14-22(29)27(5)6)28(23)18-8-10-19(32-7)11-9-18/h8-13,15H,14H2,1-7H3. The largest absolute Gasteiger partial charge is 0.497 e. The van der Waals surface area contributed by atoms with Gasteiger partial charge in [0.25, 0.3) is 5.16 Å². The third-order valence-corrected chi connectivity index (χ3v) is 6.98. The monoisotopic (exact) mass is 470 g/mol. The fourth-order valence-electron chi connectivity index (χ4n) is 3.70. The summed E-state index contributed by atoms with van der Waals surface area (Å²) in [5.74, 6) is 0.0833. The first kappa shape index (κ1) is 24.4. The maximum atomic E-state index is 13.2. The highest BCUT2D eigenvalue weighted by atomic mass is 32.2. The summed E-state index contributed by atoms with van der Waals surface area (Å²) in [6.07, 6.45) is 0. The molecule has 0 atom stereocenters. The molecule has 0 bridgehead atoms. The molecule has 0 fully saturated rings. The number of benzene rings is 2. The van der Waals surface area contributed by atoms with Gasteiger partial charge in [0, 0.05) is 19.7 Å². The molecule has 3 rings (SSSR count). The molecular weight excluding hydrogens is 440 g/mol. The van der Waals surface area contributed by atoms with E-state index < -0.39 is 21.5 Å². The highest BCUT2D eigenvalue weighted by Gasteiger charge is 2.30. The minimum Gasteiger partial charge on any atom is -0.497 e. The van der Waals surface area contributed by atoms with Gasteiger partial charge in [-0.3, -0.25) is 9.36 Å². The number of ether oxygens (including phenoxy) is 1. The topological polar surface area (TPSA) is 94.4 Å². The van der Waals surface area contributed by atoms with Crippen LogP contribution in [0.5, 0.6) is 5.75 Å². The van der Waals surface area contributed by atoms with Gasteiger partial charge in [-0.15, -0.1) is 10.2 Å². The molecule has 0 aliphatic heterocycles. The van der Waals surface area contributed by atoms with Crippen molar-refractivity contribution in [2.45, 2.75) is 38.8 Å². The van der Waals surface area contributed by atoms with Gasteiger partial charge in [0.15, 0.2) is 5.82 Å². The zero-order chi connectivity index (χ0) is 24.5. The summed E-state index contributed by atoms with van der Waals surface area (Å²) < 4.78 is 33.2. The van der Waals surface area contributed by atoms with Crippen molar-refractivity contribution in [1.82, 2.24) is 19.7 Å². The Morgan fingerprint density at radius 3 is 2.24 bits per heavy atom. The Morgan fingerprint density at radius 2 is 1.70 bits per heavy atom. The fourth-order valence-corrected chi connectivity index (χ4v) is 5.05. The van der Waals surface area contributed by atoms with Crippen molar-refractivity contribution in [3.05, 3.63) is 53.1 Å². The zero-order valence-electron chi connectivity index (χ0n) is 20.1. The second-order valence-corrected chi connectivity index (χ2v) is 10.4. The van der Waals surface area contributed by atoms with Crippen molar-refractivity contribution in [3.63, 3.8) is 0 Å². The molecule has 33 heavy (non-hydrogen) atoms. The van der Waals surface area contributed by atoms with E-state index in [4.69, 9.17) is 4.74 Å². The molecule has 2 aromatic carbocycles. The van der Waals surface area contributed by atoms with Crippen molar-refractivity contribution in [1.29, 1.82) is 0 Å². The number of nitrogens with zero attached hydrogens (tertiary/aromatic N) is 4. The summed E-state index contributed by atoms with van der Waals surface area (Å²) in [7, 11) is 0.523. The molecule has 0 saturated heterocycles. The number of aryl methyl sites for hydroxylation is 2. The molecule has 0 unspecified atom stereocenters. The van der Waals surface area contributed by atoms with Crippen LogP contribution in [0.1, 0.15) is 36.5 Å². The minimum absolute atomic E-state index is 0.274.